The number of hydrogen-bond donors (Lipinski definition) is 0. The van der Waals surface area contributed by atoms with Gasteiger partial charge < -0.3 is 0 Å². The molecule has 0 atom stereocenters. The normalized spacial score (nSPS) is 16.4. The van der Waals surface area contributed by atoms with Crippen LogP contribution in [0.1, 0.15) is 32.6 Å². The fraction of sp³-hybridized carbons (Fsp3) is 0.667. The van der Waals surface area contributed by atoms with Gasteiger partial charge in [-0.2, -0.15) is 0 Å². The van der Waals surface area contributed by atoms with E-state index in [-0.39, 0.29) is 0 Å². The van der Waals surface area contributed by atoms with Crippen molar-refractivity contribution in [3.05, 3.63) is 23.4 Å². The van der Waals surface area contributed by atoms with Gasteiger partial charge in [-0.25, -0.2) is 0 Å². The molecule has 74 valence electrons. The van der Waals surface area contributed by atoms with Crippen LogP contribution in [0.5, 0.6) is 0 Å². The highest BCUT2D eigenvalue weighted by atomic mass is 28.3. The van der Waals surface area contributed by atoms with Crippen LogP contribution in [0.25, 0.3) is 0 Å². The third-order valence-corrected chi connectivity index (χ3v) is 6.76. The molecular formula is C12H22Si. The van der Waals surface area contributed by atoms with Gasteiger partial charge in [-0.3, -0.25) is 0 Å². The van der Waals surface area contributed by atoms with E-state index in [4.69, 9.17) is 0 Å². The summed E-state index contributed by atoms with van der Waals surface area (Å²) in [4.78, 5) is 0. The van der Waals surface area contributed by atoms with Crippen LogP contribution in [0.2, 0.25) is 19.1 Å². The van der Waals surface area contributed by atoms with E-state index in [1.807, 2.05) is 0 Å². The van der Waals surface area contributed by atoms with E-state index >= 15 is 0 Å². The van der Waals surface area contributed by atoms with Crippen LogP contribution < -0.4 is 0 Å². The molecule has 1 heteroatoms. The standard InChI is InChI=1S/C12H22Si/c1-4-5-8-11-13(2,3)12-9-6-7-10-12/h6-7,9H,4-5,8,10-11H2,1-3H3. The van der Waals surface area contributed by atoms with Crippen molar-refractivity contribution in [2.24, 2.45) is 0 Å². The summed E-state index contributed by atoms with van der Waals surface area (Å²) in [6.07, 6.45) is 12.3. The van der Waals surface area contributed by atoms with Gasteiger partial charge in [-0.15, -0.1) is 0 Å². The summed E-state index contributed by atoms with van der Waals surface area (Å²) in [7, 11) is -1.01. The average molecular weight is 194 g/mol. The molecule has 0 N–H and O–H groups in total. The Hall–Kier alpha value is -0.303. The van der Waals surface area contributed by atoms with E-state index in [1.165, 1.54) is 31.7 Å². The largest absolute Gasteiger partial charge is 0.0809 e. The van der Waals surface area contributed by atoms with Crippen LogP contribution in [-0.2, 0) is 0 Å². The average Bonchev–Trinajstić information content (AvgIpc) is 2.56. The molecule has 0 spiro atoms. The maximum absolute atomic E-state index is 2.52. The maximum Gasteiger partial charge on any atom is 0.0758 e. The first-order valence-electron chi connectivity index (χ1n) is 5.53. The monoisotopic (exact) mass is 194 g/mol. The van der Waals surface area contributed by atoms with Crippen LogP contribution in [0.15, 0.2) is 23.4 Å². The van der Waals surface area contributed by atoms with Crippen molar-refractivity contribution in [1.29, 1.82) is 0 Å². The van der Waals surface area contributed by atoms with Gasteiger partial charge in [0, 0.05) is 0 Å². The smallest absolute Gasteiger partial charge is 0.0758 e. The van der Waals surface area contributed by atoms with Crippen molar-refractivity contribution in [3.63, 3.8) is 0 Å². The summed E-state index contributed by atoms with van der Waals surface area (Å²) in [5.41, 5.74) is 0. The molecule has 1 rings (SSSR count). The fourth-order valence-corrected chi connectivity index (χ4v) is 4.60. The van der Waals surface area contributed by atoms with Crippen LogP contribution in [0.4, 0.5) is 0 Å². The van der Waals surface area contributed by atoms with E-state index < -0.39 is 8.07 Å². The molecule has 0 bridgehead atoms. The molecule has 1 aliphatic rings. The van der Waals surface area contributed by atoms with Crippen LogP contribution in [0, 0.1) is 0 Å². The van der Waals surface area contributed by atoms with Crippen molar-refractivity contribution >= 4 is 8.07 Å². The Balaban J connectivity index is 2.36. The predicted octanol–water partition coefficient (Wildman–Crippen LogP) is 4.31. The first-order valence-corrected chi connectivity index (χ1v) is 8.73. The summed E-state index contributed by atoms with van der Waals surface area (Å²) in [6, 6.07) is 1.48. The second-order valence-electron chi connectivity index (χ2n) is 4.67. The van der Waals surface area contributed by atoms with Gasteiger partial charge >= 0.3 is 0 Å². The minimum atomic E-state index is -1.01. The summed E-state index contributed by atoms with van der Waals surface area (Å²) in [5.74, 6) is 0. The zero-order valence-corrected chi connectivity index (χ0v) is 10.3. The Labute approximate surface area is 83.7 Å². The second-order valence-corrected chi connectivity index (χ2v) is 9.58. The predicted molar refractivity (Wildman–Crippen MR) is 63.7 cm³/mol. The molecule has 0 radical (unpaired) electrons. The van der Waals surface area contributed by atoms with Crippen molar-refractivity contribution in [3.8, 4) is 0 Å². The van der Waals surface area contributed by atoms with Crippen molar-refractivity contribution in [1.82, 2.24) is 0 Å². The van der Waals surface area contributed by atoms with Gasteiger partial charge in [0.1, 0.15) is 0 Å². The zero-order valence-electron chi connectivity index (χ0n) is 9.27. The SMILES string of the molecule is CCCCC[Si](C)(C)C1=CC=CC1. The Bertz CT molecular complexity index is 211. The quantitative estimate of drug-likeness (QED) is 0.452. The molecule has 0 nitrogen and oxygen atoms in total. The molecule has 0 fully saturated rings. The van der Waals surface area contributed by atoms with Gasteiger partial charge in [0.05, 0.1) is 8.07 Å². The van der Waals surface area contributed by atoms with Crippen LogP contribution in [0.3, 0.4) is 0 Å². The lowest BCUT2D eigenvalue weighted by Crippen LogP contribution is -2.27. The van der Waals surface area contributed by atoms with E-state index in [0.717, 1.165) is 0 Å². The summed E-state index contributed by atoms with van der Waals surface area (Å²) in [6.45, 7) is 7.31. The molecule has 13 heavy (non-hydrogen) atoms. The van der Waals surface area contributed by atoms with Gasteiger partial charge in [0.25, 0.3) is 0 Å². The molecule has 0 amide bonds. The lowest BCUT2D eigenvalue weighted by atomic mass is 10.3. The Kier molecular flexibility index (Phi) is 3.98. The first kappa shape index (κ1) is 10.8. The highest BCUT2D eigenvalue weighted by Crippen LogP contribution is 2.28. The maximum atomic E-state index is 2.52. The lowest BCUT2D eigenvalue weighted by Gasteiger charge is -2.24. The summed E-state index contributed by atoms with van der Waals surface area (Å²) in [5, 5.41) is 1.75. The molecule has 0 unspecified atom stereocenters. The third kappa shape index (κ3) is 3.15. The van der Waals surface area contributed by atoms with Crippen LogP contribution in [-0.4, -0.2) is 8.07 Å². The number of hydrogen-bond acceptors (Lipinski definition) is 0. The van der Waals surface area contributed by atoms with Gasteiger partial charge in [0.15, 0.2) is 0 Å². The highest BCUT2D eigenvalue weighted by molar-refractivity contribution is 6.84. The summed E-state index contributed by atoms with van der Waals surface area (Å²) >= 11 is 0. The minimum Gasteiger partial charge on any atom is -0.0809 e. The van der Waals surface area contributed by atoms with Crippen molar-refractivity contribution in [2.45, 2.75) is 51.7 Å². The highest BCUT2D eigenvalue weighted by Gasteiger charge is 2.24. The second kappa shape index (κ2) is 4.80. The number of allylic oxidation sites excluding steroid dienone is 4. The first-order chi connectivity index (χ1) is 6.17. The van der Waals surface area contributed by atoms with Gasteiger partial charge in [0.2, 0.25) is 0 Å². The van der Waals surface area contributed by atoms with E-state index in [0.29, 0.717) is 0 Å². The fourth-order valence-electron chi connectivity index (χ4n) is 1.93. The molecule has 0 saturated carbocycles. The van der Waals surface area contributed by atoms with Crippen molar-refractivity contribution in [2.75, 3.05) is 0 Å². The third-order valence-electron chi connectivity index (χ3n) is 3.05. The Morgan fingerprint density at radius 2 is 2.08 bits per heavy atom. The molecule has 0 heterocycles. The number of rotatable bonds is 5. The Morgan fingerprint density at radius 1 is 1.31 bits per heavy atom. The van der Waals surface area contributed by atoms with E-state index in [2.05, 4.69) is 38.2 Å². The molecule has 1 aliphatic carbocycles. The summed E-state index contributed by atoms with van der Waals surface area (Å²) < 4.78 is 0. The molecule has 0 aromatic carbocycles. The zero-order chi connectivity index (χ0) is 9.73. The molecule has 0 aromatic heterocycles. The van der Waals surface area contributed by atoms with E-state index in [1.54, 1.807) is 5.20 Å². The molecular weight excluding hydrogens is 172 g/mol. The lowest BCUT2D eigenvalue weighted by molar-refractivity contribution is 0.763. The van der Waals surface area contributed by atoms with Gasteiger partial charge in [-0.1, -0.05) is 68.7 Å². The van der Waals surface area contributed by atoms with E-state index in [9.17, 15) is 0 Å². The molecule has 0 aromatic rings. The molecule has 0 saturated heterocycles. The van der Waals surface area contributed by atoms with Crippen molar-refractivity contribution < 1.29 is 0 Å². The Morgan fingerprint density at radius 3 is 2.62 bits per heavy atom. The molecule has 0 aliphatic heterocycles. The minimum absolute atomic E-state index is 1.01. The van der Waals surface area contributed by atoms with Gasteiger partial charge in [-0.05, 0) is 6.42 Å². The topological polar surface area (TPSA) is 0 Å². The van der Waals surface area contributed by atoms with Crippen LogP contribution >= 0.6 is 0 Å². The number of unbranched alkanes of at least 4 members (excludes halogenated alkanes) is 2.